The summed E-state index contributed by atoms with van der Waals surface area (Å²) in [5.74, 6) is 0. The van der Waals surface area contributed by atoms with Crippen LogP contribution in [0.15, 0.2) is 0 Å². The van der Waals surface area contributed by atoms with Crippen LogP contribution in [0.3, 0.4) is 0 Å². The Morgan fingerprint density at radius 3 is 2.60 bits per heavy atom. The van der Waals surface area contributed by atoms with Crippen molar-refractivity contribution in [1.82, 2.24) is 0 Å². The summed E-state index contributed by atoms with van der Waals surface area (Å²) in [5, 5.41) is 0.510. The molecular formula is C5H14NOPS2. The Hall–Kier alpha value is 0.920. The molecule has 0 heterocycles. The highest BCUT2D eigenvalue weighted by Gasteiger charge is 2.13. The van der Waals surface area contributed by atoms with Gasteiger partial charge in [0.25, 0.3) is 0 Å². The summed E-state index contributed by atoms with van der Waals surface area (Å²) in [6.45, 7) is 4.22. The highest BCUT2D eigenvalue weighted by Crippen LogP contribution is 2.54. The Morgan fingerprint density at radius 1 is 1.80 bits per heavy atom. The Bertz CT molecular complexity index is 142. The van der Waals surface area contributed by atoms with Gasteiger partial charge < -0.3 is 4.52 Å². The zero-order chi connectivity index (χ0) is 8.20. The molecule has 0 aliphatic heterocycles. The predicted molar refractivity (Wildman–Crippen MR) is 52.8 cm³/mol. The van der Waals surface area contributed by atoms with E-state index in [9.17, 15) is 0 Å². The first kappa shape index (κ1) is 10.9. The summed E-state index contributed by atoms with van der Waals surface area (Å²) in [7, 11) is 1.58. The molecule has 0 rings (SSSR count). The van der Waals surface area contributed by atoms with Crippen molar-refractivity contribution >= 4 is 28.8 Å². The van der Waals surface area contributed by atoms with Crippen molar-refractivity contribution in [3.63, 3.8) is 0 Å². The smallest absolute Gasteiger partial charge is 0.183 e. The van der Waals surface area contributed by atoms with Crippen molar-refractivity contribution in [1.29, 1.82) is 0 Å². The van der Waals surface area contributed by atoms with Crippen LogP contribution < -0.4 is 5.50 Å². The van der Waals surface area contributed by atoms with Gasteiger partial charge in [0.05, 0.1) is 0 Å². The zero-order valence-corrected chi connectivity index (χ0v) is 9.06. The Morgan fingerprint density at radius 2 is 2.30 bits per heavy atom. The molecular weight excluding hydrogens is 185 g/mol. The quantitative estimate of drug-likeness (QED) is 0.705. The molecule has 10 heavy (non-hydrogen) atoms. The SMILES string of the molecule is CCC(C)SP(N)(=S)OC. The van der Waals surface area contributed by atoms with E-state index in [1.165, 1.54) is 0 Å². The van der Waals surface area contributed by atoms with Gasteiger partial charge in [-0.05, 0) is 18.2 Å². The van der Waals surface area contributed by atoms with Crippen LogP contribution >= 0.6 is 17.0 Å². The maximum Gasteiger partial charge on any atom is 0.183 e. The summed E-state index contributed by atoms with van der Waals surface area (Å²) >= 11 is 6.60. The summed E-state index contributed by atoms with van der Waals surface area (Å²) in [4.78, 5) is 0. The first-order valence-corrected chi connectivity index (χ1v) is 7.42. The molecule has 0 aromatic rings. The van der Waals surface area contributed by atoms with Crippen molar-refractivity contribution in [3.05, 3.63) is 0 Å². The molecule has 0 amide bonds. The van der Waals surface area contributed by atoms with Crippen LogP contribution in [0.1, 0.15) is 20.3 Å². The van der Waals surface area contributed by atoms with Crippen LogP contribution in [0.2, 0.25) is 0 Å². The molecule has 0 bridgehead atoms. The van der Waals surface area contributed by atoms with E-state index in [2.05, 4.69) is 13.8 Å². The second-order valence-corrected chi connectivity index (χ2v) is 9.09. The van der Waals surface area contributed by atoms with Crippen molar-refractivity contribution in [2.75, 3.05) is 7.11 Å². The first-order chi connectivity index (χ1) is 4.52. The number of hydrogen-bond donors (Lipinski definition) is 1. The summed E-state index contributed by atoms with van der Waals surface area (Å²) < 4.78 is 4.98. The average molecular weight is 199 g/mol. The standard InChI is InChI=1S/C5H14NOPS2/c1-4-5(2)10-8(6,9)7-3/h5H,4H2,1-3H3,(H2,6,9). The van der Waals surface area contributed by atoms with Crippen molar-refractivity contribution in [3.8, 4) is 0 Å². The maximum absolute atomic E-state index is 5.66. The van der Waals surface area contributed by atoms with Gasteiger partial charge in [-0.3, -0.25) is 5.50 Å². The van der Waals surface area contributed by atoms with Crippen LogP contribution in [-0.4, -0.2) is 12.4 Å². The third-order valence-corrected chi connectivity index (χ3v) is 6.28. The van der Waals surface area contributed by atoms with Crippen molar-refractivity contribution in [2.24, 2.45) is 5.50 Å². The molecule has 2 nitrogen and oxygen atoms in total. The lowest BCUT2D eigenvalue weighted by Gasteiger charge is -2.16. The fourth-order valence-corrected chi connectivity index (χ4v) is 4.64. The lowest BCUT2D eigenvalue weighted by Crippen LogP contribution is -1.98. The molecule has 0 saturated heterocycles. The van der Waals surface area contributed by atoms with E-state index in [-0.39, 0.29) is 0 Å². The van der Waals surface area contributed by atoms with Gasteiger partial charge in [0.1, 0.15) is 0 Å². The summed E-state index contributed by atoms with van der Waals surface area (Å²) in [5.41, 5.74) is 3.66. The van der Waals surface area contributed by atoms with Crippen LogP contribution in [0.5, 0.6) is 0 Å². The fraction of sp³-hybridized carbons (Fsp3) is 1.00. The van der Waals surface area contributed by atoms with Gasteiger partial charge in [-0.15, -0.1) is 0 Å². The van der Waals surface area contributed by atoms with Crippen LogP contribution in [0, 0.1) is 0 Å². The maximum atomic E-state index is 5.66. The number of hydrogen-bond acceptors (Lipinski definition) is 3. The largest absolute Gasteiger partial charge is 0.334 e. The predicted octanol–water partition coefficient (Wildman–Crippen LogP) is 2.35. The van der Waals surface area contributed by atoms with Crippen molar-refractivity contribution in [2.45, 2.75) is 25.5 Å². The molecule has 0 fully saturated rings. The molecule has 0 aliphatic carbocycles. The van der Waals surface area contributed by atoms with Gasteiger partial charge in [0, 0.05) is 12.4 Å². The Labute approximate surface area is 71.8 Å². The second kappa shape index (κ2) is 4.73. The van der Waals surface area contributed by atoms with Gasteiger partial charge >= 0.3 is 0 Å². The van der Waals surface area contributed by atoms with E-state index in [0.717, 1.165) is 6.42 Å². The molecule has 0 aliphatic rings. The molecule has 5 heteroatoms. The molecule has 2 unspecified atom stereocenters. The van der Waals surface area contributed by atoms with Gasteiger partial charge in [-0.25, -0.2) is 0 Å². The highest BCUT2D eigenvalue weighted by atomic mass is 32.9. The minimum Gasteiger partial charge on any atom is -0.334 e. The minimum atomic E-state index is -2.00. The third-order valence-electron chi connectivity index (χ3n) is 1.16. The zero-order valence-electron chi connectivity index (χ0n) is 6.53. The molecule has 0 aromatic heterocycles. The highest BCUT2D eigenvalue weighted by molar-refractivity contribution is 8.68. The molecule has 0 radical (unpaired) electrons. The number of rotatable bonds is 4. The molecule has 62 valence electrons. The van der Waals surface area contributed by atoms with E-state index in [0.29, 0.717) is 5.25 Å². The Kier molecular flexibility index (Phi) is 5.16. The topological polar surface area (TPSA) is 35.2 Å². The van der Waals surface area contributed by atoms with E-state index in [4.69, 9.17) is 21.8 Å². The Balaban J connectivity index is 3.77. The number of nitrogens with two attached hydrogens (primary N) is 1. The molecule has 0 aromatic carbocycles. The van der Waals surface area contributed by atoms with Gasteiger partial charge in [0.15, 0.2) is 5.62 Å². The van der Waals surface area contributed by atoms with E-state index >= 15 is 0 Å². The first-order valence-electron chi connectivity index (χ1n) is 3.14. The minimum absolute atomic E-state index is 0.510. The lowest BCUT2D eigenvalue weighted by atomic mass is 10.4. The third kappa shape index (κ3) is 4.69. The molecule has 2 N–H and O–H groups in total. The second-order valence-electron chi connectivity index (χ2n) is 2.05. The summed E-state index contributed by atoms with van der Waals surface area (Å²) in [6, 6.07) is 0. The van der Waals surface area contributed by atoms with E-state index in [1.54, 1.807) is 18.5 Å². The average Bonchev–Trinajstić information content (AvgIpc) is 1.87. The van der Waals surface area contributed by atoms with Crippen LogP contribution in [0.25, 0.3) is 0 Å². The van der Waals surface area contributed by atoms with Crippen molar-refractivity contribution < 1.29 is 4.52 Å². The van der Waals surface area contributed by atoms with E-state index < -0.39 is 5.62 Å². The lowest BCUT2D eigenvalue weighted by molar-refractivity contribution is 0.470. The van der Waals surface area contributed by atoms with Gasteiger partial charge in [-0.1, -0.05) is 25.2 Å². The summed E-state index contributed by atoms with van der Waals surface area (Å²) in [6.07, 6.45) is 1.09. The monoisotopic (exact) mass is 199 g/mol. The normalized spacial score (nSPS) is 20.0. The van der Waals surface area contributed by atoms with Gasteiger partial charge in [0.2, 0.25) is 0 Å². The molecule has 2 atom stereocenters. The molecule has 0 saturated carbocycles. The fourth-order valence-electron chi connectivity index (χ4n) is 0.368. The van der Waals surface area contributed by atoms with Crippen LogP contribution in [-0.2, 0) is 16.3 Å². The van der Waals surface area contributed by atoms with E-state index in [1.807, 2.05) is 0 Å². The van der Waals surface area contributed by atoms with Gasteiger partial charge in [-0.2, -0.15) is 0 Å². The van der Waals surface area contributed by atoms with Crippen LogP contribution in [0.4, 0.5) is 0 Å². The molecule has 0 spiro atoms.